The molecule has 5 heteroatoms. The van der Waals surface area contributed by atoms with Gasteiger partial charge in [-0.2, -0.15) is 0 Å². The first kappa shape index (κ1) is 16.6. The molecule has 128 valence electrons. The van der Waals surface area contributed by atoms with E-state index < -0.39 is 0 Å². The standard InChI is InChI=1S/C19H26N4O/c1-3-23-10-6-17-13-16(4-5-18(17)23)12-15(2)21-19(24)7-9-22-11-8-20-14-22/h4-5,8,11,13-15H,3,6-7,9-10,12H2,1-2H3,(H,21,24)/t15-/m1/s1. The number of hydrogen-bond acceptors (Lipinski definition) is 3. The lowest BCUT2D eigenvalue weighted by Crippen LogP contribution is -2.34. The van der Waals surface area contributed by atoms with E-state index in [1.807, 2.05) is 10.8 Å². The topological polar surface area (TPSA) is 50.2 Å². The third-order valence-electron chi connectivity index (χ3n) is 4.62. The second kappa shape index (κ2) is 7.51. The van der Waals surface area contributed by atoms with Crippen LogP contribution in [0.2, 0.25) is 0 Å². The van der Waals surface area contributed by atoms with Crippen LogP contribution in [0.3, 0.4) is 0 Å². The number of carbonyl (C=O) groups is 1. The van der Waals surface area contributed by atoms with Crippen molar-refractivity contribution in [2.24, 2.45) is 0 Å². The molecule has 0 fully saturated rings. The van der Waals surface area contributed by atoms with Crippen LogP contribution in [0.15, 0.2) is 36.9 Å². The highest BCUT2D eigenvalue weighted by molar-refractivity contribution is 5.76. The van der Waals surface area contributed by atoms with Crippen LogP contribution in [0.5, 0.6) is 0 Å². The summed E-state index contributed by atoms with van der Waals surface area (Å²) in [6, 6.07) is 6.87. The molecule has 1 amide bonds. The number of nitrogens with one attached hydrogen (secondary N) is 1. The molecule has 0 saturated carbocycles. The van der Waals surface area contributed by atoms with E-state index in [0.717, 1.165) is 25.9 Å². The molecule has 0 unspecified atom stereocenters. The number of anilines is 1. The Balaban J connectivity index is 1.50. The third-order valence-corrected chi connectivity index (χ3v) is 4.62. The first-order chi connectivity index (χ1) is 11.7. The summed E-state index contributed by atoms with van der Waals surface area (Å²) in [5.74, 6) is 0.0921. The normalized spacial score (nSPS) is 14.5. The lowest BCUT2D eigenvalue weighted by Gasteiger charge is -2.18. The van der Waals surface area contributed by atoms with Crippen molar-refractivity contribution < 1.29 is 4.79 Å². The monoisotopic (exact) mass is 326 g/mol. The van der Waals surface area contributed by atoms with E-state index in [1.54, 1.807) is 12.5 Å². The van der Waals surface area contributed by atoms with Gasteiger partial charge in [0.15, 0.2) is 0 Å². The van der Waals surface area contributed by atoms with Gasteiger partial charge in [-0.1, -0.05) is 12.1 Å². The molecular formula is C19H26N4O. The van der Waals surface area contributed by atoms with E-state index in [4.69, 9.17) is 0 Å². The summed E-state index contributed by atoms with van der Waals surface area (Å²) in [6.07, 6.45) is 7.82. The Morgan fingerprint density at radius 3 is 3.04 bits per heavy atom. The molecule has 2 heterocycles. The molecule has 0 aliphatic carbocycles. The van der Waals surface area contributed by atoms with Crippen molar-refractivity contribution in [3.05, 3.63) is 48.0 Å². The van der Waals surface area contributed by atoms with Crippen LogP contribution in [0.25, 0.3) is 0 Å². The van der Waals surface area contributed by atoms with Crippen molar-refractivity contribution in [1.29, 1.82) is 0 Å². The lowest BCUT2D eigenvalue weighted by molar-refractivity contribution is -0.121. The van der Waals surface area contributed by atoms with Gasteiger partial charge in [0.25, 0.3) is 0 Å². The van der Waals surface area contributed by atoms with E-state index in [2.05, 4.69) is 47.2 Å². The first-order valence-corrected chi connectivity index (χ1v) is 8.77. The Morgan fingerprint density at radius 2 is 2.29 bits per heavy atom. The second-order valence-electron chi connectivity index (χ2n) is 6.52. The van der Waals surface area contributed by atoms with Crippen LogP contribution in [0.4, 0.5) is 5.69 Å². The van der Waals surface area contributed by atoms with Crippen LogP contribution in [-0.4, -0.2) is 34.6 Å². The molecule has 1 aromatic carbocycles. The minimum atomic E-state index is 0.0921. The number of fused-ring (bicyclic) bond motifs is 1. The average molecular weight is 326 g/mol. The van der Waals surface area contributed by atoms with Gasteiger partial charge < -0.3 is 14.8 Å². The number of imidazole rings is 1. The Bertz CT molecular complexity index is 681. The van der Waals surface area contributed by atoms with Gasteiger partial charge in [0.1, 0.15) is 0 Å². The number of hydrogen-bond donors (Lipinski definition) is 1. The van der Waals surface area contributed by atoms with E-state index in [-0.39, 0.29) is 11.9 Å². The van der Waals surface area contributed by atoms with Crippen LogP contribution in [-0.2, 0) is 24.2 Å². The molecule has 0 bridgehead atoms. The van der Waals surface area contributed by atoms with Gasteiger partial charge in [-0.15, -0.1) is 0 Å². The van der Waals surface area contributed by atoms with Crippen molar-refractivity contribution in [3.8, 4) is 0 Å². The molecule has 3 rings (SSSR count). The average Bonchev–Trinajstić information content (AvgIpc) is 3.21. The van der Waals surface area contributed by atoms with Gasteiger partial charge >= 0.3 is 0 Å². The zero-order chi connectivity index (χ0) is 16.9. The van der Waals surface area contributed by atoms with Crippen molar-refractivity contribution in [3.63, 3.8) is 0 Å². The Labute approximate surface area is 143 Å². The number of carbonyl (C=O) groups excluding carboxylic acids is 1. The zero-order valence-electron chi connectivity index (χ0n) is 14.5. The summed E-state index contributed by atoms with van der Waals surface area (Å²) in [7, 11) is 0. The second-order valence-corrected chi connectivity index (χ2v) is 6.52. The number of aromatic nitrogens is 2. The van der Waals surface area contributed by atoms with E-state index in [0.29, 0.717) is 13.0 Å². The van der Waals surface area contributed by atoms with Gasteiger partial charge in [-0.05, 0) is 43.9 Å². The molecule has 1 atom stereocenters. The van der Waals surface area contributed by atoms with Gasteiger partial charge in [0, 0.05) is 50.2 Å². The number of amides is 1. The molecule has 0 radical (unpaired) electrons. The number of aryl methyl sites for hydroxylation is 1. The molecule has 1 aliphatic rings. The van der Waals surface area contributed by atoms with Gasteiger partial charge in [0.2, 0.25) is 5.91 Å². The minimum Gasteiger partial charge on any atom is -0.371 e. The van der Waals surface area contributed by atoms with E-state index >= 15 is 0 Å². The minimum absolute atomic E-state index is 0.0921. The predicted octanol–water partition coefficient (Wildman–Crippen LogP) is 2.40. The fourth-order valence-electron chi connectivity index (χ4n) is 3.38. The van der Waals surface area contributed by atoms with E-state index in [1.165, 1.54) is 16.8 Å². The molecule has 1 aliphatic heterocycles. The zero-order valence-corrected chi connectivity index (χ0v) is 14.5. The highest BCUT2D eigenvalue weighted by atomic mass is 16.1. The molecule has 5 nitrogen and oxygen atoms in total. The van der Waals surface area contributed by atoms with Gasteiger partial charge in [-0.25, -0.2) is 4.98 Å². The van der Waals surface area contributed by atoms with Crippen molar-refractivity contribution in [1.82, 2.24) is 14.9 Å². The third kappa shape index (κ3) is 3.96. The summed E-state index contributed by atoms with van der Waals surface area (Å²) < 4.78 is 1.92. The summed E-state index contributed by atoms with van der Waals surface area (Å²) in [5, 5.41) is 3.10. The lowest BCUT2D eigenvalue weighted by atomic mass is 10.0. The summed E-state index contributed by atoms with van der Waals surface area (Å²) >= 11 is 0. The number of rotatable bonds is 7. The summed E-state index contributed by atoms with van der Waals surface area (Å²) in [6.45, 7) is 7.13. The molecule has 0 spiro atoms. The van der Waals surface area contributed by atoms with Gasteiger partial charge in [0.05, 0.1) is 6.33 Å². The maximum atomic E-state index is 12.1. The molecule has 1 aromatic heterocycles. The van der Waals surface area contributed by atoms with Crippen molar-refractivity contribution in [2.45, 2.75) is 45.7 Å². The molecular weight excluding hydrogens is 300 g/mol. The fourth-order valence-corrected chi connectivity index (χ4v) is 3.38. The molecule has 0 saturated heterocycles. The van der Waals surface area contributed by atoms with Crippen molar-refractivity contribution in [2.75, 3.05) is 18.0 Å². The predicted molar refractivity (Wildman–Crippen MR) is 96.2 cm³/mol. The Kier molecular flexibility index (Phi) is 5.18. The van der Waals surface area contributed by atoms with Gasteiger partial charge in [-0.3, -0.25) is 4.79 Å². The highest BCUT2D eigenvalue weighted by Crippen LogP contribution is 2.28. The SMILES string of the molecule is CCN1CCc2cc(C[C@@H](C)NC(=O)CCn3ccnc3)ccc21. The number of likely N-dealkylation sites (N-methyl/N-ethyl adjacent to an activating group) is 1. The number of benzene rings is 1. The van der Waals surface area contributed by atoms with E-state index in [9.17, 15) is 4.79 Å². The quantitative estimate of drug-likeness (QED) is 0.850. The maximum Gasteiger partial charge on any atom is 0.222 e. The Morgan fingerprint density at radius 1 is 1.42 bits per heavy atom. The van der Waals surface area contributed by atoms with Crippen LogP contribution < -0.4 is 10.2 Å². The van der Waals surface area contributed by atoms with Crippen LogP contribution >= 0.6 is 0 Å². The van der Waals surface area contributed by atoms with Crippen LogP contribution in [0.1, 0.15) is 31.4 Å². The summed E-state index contributed by atoms with van der Waals surface area (Å²) in [5.41, 5.74) is 4.11. The van der Waals surface area contributed by atoms with Crippen LogP contribution in [0, 0.1) is 0 Å². The molecule has 24 heavy (non-hydrogen) atoms. The summed E-state index contributed by atoms with van der Waals surface area (Å²) in [4.78, 5) is 18.5. The smallest absolute Gasteiger partial charge is 0.222 e. The number of nitrogens with zero attached hydrogens (tertiary/aromatic N) is 3. The first-order valence-electron chi connectivity index (χ1n) is 8.77. The molecule has 2 aromatic rings. The fraction of sp³-hybridized carbons (Fsp3) is 0.474. The molecule has 1 N–H and O–H groups in total. The van der Waals surface area contributed by atoms with Crippen molar-refractivity contribution >= 4 is 11.6 Å². The maximum absolute atomic E-state index is 12.1. The highest BCUT2D eigenvalue weighted by Gasteiger charge is 2.18. The largest absolute Gasteiger partial charge is 0.371 e. The Hall–Kier alpha value is -2.30.